The van der Waals surface area contributed by atoms with Crippen molar-refractivity contribution in [2.75, 3.05) is 37.7 Å². The van der Waals surface area contributed by atoms with Gasteiger partial charge in [-0.25, -0.2) is 0 Å². The van der Waals surface area contributed by atoms with Crippen LogP contribution in [-0.2, 0) is 19.1 Å². The van der Waals surface area contributed by atoms with Gasteiger partial charge < -0.3 is 29.3 Å². The van der Waals surface area contributed by atoms with Gasteiger partial charge >= 0.3 is 0 Å². The summed E-state index contributed by atoms with van der Waals surface area (Å²) in [7, 11) is 0. The minimum absolute atomic E-state index is 0.00485. The molecule has 4 rings (SSSR count). The maximum Gasteiger partial charge on any atom is 0.248 e. The maximum atomic E-state index is 14.6. The van der Waals surface area contributed by atoms with Crippen LogP contribution in [0.5, 0.6) is 5.75 Å². The number of hydrogen-bond donors (Lipinski definition) is 1. The summed E-state index contributed by atoms with van der Waals surface area (Å²) in [4.78, 5) is 48.4. The lowest BCUT2D eigenvalue weighted by molar-refractivity contribution is -0.153. The van der Waals surface area contributed by atoms with Crippen LogP contribution in [0, 0.1) is 17.8 Å². The number of fused-ring (bicyclic) bond motifs is 1. The zero-order valence-corrected chi connectivity index (χ0v) is 25.8. The monoisotopic (exact) mass is 581 g/mol. The molecule has 3 unspecified atom stereocenters. The molecule has 230 valence electrons. The Bertz CT molecular complexity index is 1180. The van der Waals surface area contributed by atoms with Crippen LogP contribution in [-0.4, -0.2) is 88.8 Å². The molecular formula is C33H47N3O6. The van der Waals surface area contributed by atoms with Gasteiger partial charge in [-0.15, -0.1) is 13.2 Å². The fourth-order valence-electron chi connectivity index (χ4n) is 7.39. The van der Waals surface area contributed by atoms with E-state index < -0.39 is 29.1 Å². The molecular weight excluding hydrogens is 534 g/mol. The van der Waals surface area contributed by atoms with Crippen LogP contribution in [0.1, 0.15) is 53.9 Å². The van der Waals surface area contributed by atoms with Crippen molar-refractivity contribution in [3.8, 4) is 5.75 Å². The van der Waals surface area contributed by atoms with Crippen molar-refractivity contribution < 1.29 is 29.0 Å². The van der Waals surface area contributed by atoms with Crippen LogP contribution in [0.25, 0.3) is 0 Å². The molecule has 3 fully saturated rings. The van der Waals surface area contributed by atoms with Crippen molar-refractivity contribution in [3.05, 3.63) is 49.6 Å². The van der Waals surface area contributed by atoms with E-state index in [9.17, 15) is 19.5 Å². The standard InChI is InChI=1S/C33H47N3O6/c1-8-17-34(22(4)5)31(40)28-33-21-23(6)32(7,42-33)26(27(33)30(39)36(28)19-11-12-20-37)29(38)35(18-9-2)24-13-15-25(16-14-24)41-10-3/h8-9,13-16,22-23,26-28,37H,1-2,10-12,17-21H2,3-7H3/t23?,26-,27-,28?,32+,33?/m0/s1. The maximum absolute atomic E-state index is 14.6. The second kappa shape index (κ2) is 12.6. The Morgan fingerprint density at radius 3 is 2.40 bits per heavy atom. The largest absolute Gasteiger partial charge is 0.494 e. The Hall–Kier alpha value is -3.17. The molecule has 9 heteroatoms. The number of likely N-dealkylation sites (tertiary alicyclic amines) is 1. The molecule has 1 spiro atoms. The number of benzene rings is 1. The average Bonchev–Trinajstić information content (AvgIpc) is 3.47. The van der Waals surface area contributed by atoms with Crippen LogP contribution >= 0.6 is 0 Å². The normalized spacial score (nSPS) is 29.5. The van der Waals surface area contributed by atoms with E-state index in [1.54, 1.807) is 26.9 Å². The topological polar surface area (TPSA) is 99.6 Å². The van der Waals surface area contributed by atoms with Crippen molar-refractivity contribution in [1.82, 2.24) is 9.80 Å². The highest BCUT2D eigenvalue weighted by molar-refractivity contribution is 6.03. The molecule has 3 heterocycles. The highest BCUT2D eigenvalue weighted by atomic mass is 16.5. The van der Waals surface area contributed by atoms with E-state index in [0.717, 1.165) is 0 Å². The van der Waals surface area contributed by atoms with Crippen molar-refractivity contribution in [3.63, 3.8) is 0 Å². The number of aliphatic hydroxyl groups is 1. The number of amides is 3. The molecule has 1 N–H and O–H groups in total. The van der Waals surface area contributed by atoms with Crippen LogP contribution in [0.4, 0.5) is 5.69 Å². The van der Waals surface area contributed by atoms with Gasteiger partial charge in [0.05, 0.1) is 24.0 Å². The fourth-order valence-corrected chi connectivity index (χ4v) is 7.39. The molecule has 42 heavy (non-hydrogen) atoms. The Morgan fingerprint density at radius 2 is 1.83 bits per heavy atom. The molecule has 1 aromatic rings. The number of rotatable bonds is 14. The minimum Gasteiger partial charge on any atom is -0.494 e. The molecule has 6 atom stereocenters. The zero-order chi connectivity index (χ0) is 30.8. The van der Waals surface area contributed by atoms with E-state index in [4.69, 9.17) is 9.47 Å². The Kier molecular flexibility index (Phi) is 9.52. The van der Waals surface area contributed by atoms with Gasteiger partial charge in [-0.3, -0.25) is 14.4 Å². The van der Waals surface area contributed by atoms with Crippen LogP contribution in [0.2, 0.25) is 0 Å². The van der Waals surface area contributed by atoms with E-state index in [1.807, 2.05) is 58.9 Å². The van der Waals surface area contributed by atoms with Gasteiger partial charge in [0.15, 0.2) is 0 Å². The van der Waals surface area contributed by atoms with Crippen molar-refractivity contribution >= 4 is 23.4 Å². The number of nitrogens with zero attached hydrogens (tertiary/aromatic N) is 3. The van der Waals surface area contributed by atoms with Gasteiger partial charge in [0.2, 0.25) is 17.7 Å². The van der Waals surface area contributed by atoms with Crippen molar-refractivity contribution in [1.29, 1.82) is 0 Å². The van der Waals surface area contributed by atoms with E-state index >= 15 is 0 Å². The van der Waals surface area contributed by atoms with E-state index in [1.165, 1.54) is 0 Å². The van der Waals surface area contributed by atoms with Crippen LogP contribution < -0.4 is 9.64 Å². The molecule has 0 aliphatic carbocycles. The second-order valence-electron chi connectivity index (χ2n) is 12.2. The molecule has 3 aliphatic rings. The van der Waals surface area contributed by atoms with Gasteiger partial charge in [0, 0.05) is 38.0 Å². The lowest BCUT2D eigenvalue weighted by Gasteiger charge is -2.39. The summed E-state index contributed by atoms with van der Waals surface area (Å²) in [6.07, 6.45) is 4.90. The van der Waals surface area contributed by atoms with Gasteiger partial charge in [-0.2, -0.15) is 0 Å². The molecule has 0 aromatic heterocycles. The summed E-state index contributed by atoms with van der Waals surface area (Å²) in [6.45, 7) is 18.9. The predicted octanol–water partition coefficient (Wildman–Crippen LogP) is 3.81. The number of ether oxygens (including phenoxy) is 2. The molecule has 1 aromatic carbocycles. The first kappa shape index (κ1) is 31.8. The molecule has 9 nitrogen and oxygen atoms in total. The highest BCUT2D eigenvalue weighted by Gasteiger charge is 2.80. The second-order valence-corrected chi connectivity index (χ2v) is 12.2. The third-order valence-electron chi connectivity index (χ3n) is 9.39. The number of aliphatic hydroxyl groups excluding tert-OH is 1. The molecule has 3 amide bonds. The van der Waals surface area contributed by atoms with Crippen molar-refractivity contribution in [2.45, 2.75) is 77.2 Å². The molecule has 0 radical (unpaired) electrons. The Morgan fingerprint density at radius 1 is 1.17 bits per heavy atom. The van der Waals surface area contributed by atoms with Gasteiger partial charge in [0.1, 0.15) is 17.4 Å². The average molecular weight is 582 g/mol. The minimum atomic E-state index is -1.13. The van der Waals surface area contributed by atoms with Crippen LogP contribution in [0.3, 0.4) is 0 Å². The number of hydrogen-bond acceptors (Lipinski definition) is 6. The fraction of sp³-hybridized carbons (Fsp3) is 0.606. The summed E-state index contributed by atoms with van der Waals surface area (Å²) in [5.41, 5.74) is -1.39. The van der Waals surface area contributed by atoms with Crippen LogP contribution in [0.15, 0.2) is 49.6 Å². The zero-order valence-electron chi connectivity index (χ0n) is 25.8. The van der Waals surface area contributed by atoms with E-state index in [-0.39, 0.29) is 42.8 Å². The molecule has 3 saturated heterocycles. The summed E-state index contributed by atoms with van der Waals surface area (Å²) >= 11 is 0. The van der Waals surface area contributed by atoms with Gasteiger partial charge in [-0.05, 0) is 77.1 Å². The Balaban J connectivity index is 1.79. The number of anilines is 1. The third kappa shape index (κ3) is 5.15. The molecule has 3 aliphatic heterocycles. The number of carbonyl (C=O) groups excluding carboxylic acids is 3. The SMILES string of the molecule is C=CCN(C(=O)[C@@H]1[C@H]2C(=O)N(CCCCO)C(C(=O)N(CC=C)C(C)C)C23CC(C)[C@@]1(C)O3)c1ccc(OCC)cc1. The smallest absolute Gasteiger partial charge is 0.248 e. The first-order valence-corrected chi connectivity index (χ1v) is 15.2. The number of carbonyl (C=O) groups is 3. The third-order valence-corrected chi connectivity index (χ3v) is 9.39. The summed E-state index contributed by atoms with van der Waals surface area (Å²) < 4.78 is 12.5. The molecule has 2 bridgehead atoms. The Labute approximate surface area is 250 Å². The first-order valence-electron chi connectivity index (χ1n) is 15.2. The number of unbranched alkanes of at least 4 members (excludes halogenated alkanes) is 1. The van der Waals surface area contributed by atoms with Gasteiger partial charge in [0.25, 0.3) is 0 Å². The summed E-state index contributed by atoms with van der Waals surface area (Å²) in [6, 6.07) is 6.33. The van der Waals surface area contributed by atoms with Gasteiger partial charge in [-0.1, -0.05) is 19.1 Å². The van der Waals surface area contributed by atoms with E-state index in [2.05, 4.69) is 13.2 Å². The predicted molar refractivity (Wildman–Crippen MR) is 162 cm³/mol. The summed E-state index contributed by atoms with van der Waals surface area (Å²) in [5.74, 6) is -1.59. The van der Waals surface area contributed by atoms with Crippen molar-refractivity contribution in [2.24, 2.45) is 17.8 Å². The summed E-state index contributed by atoms with van der Waals surface area (Å²) in [5, 5.41) is 9.45. The lowest BCUT2D eigenvalue weighted by atomic mass is 9.62. The molecule has 0 saturated carbocycles. The van der Waals surface area contributed by atoms with E-state index in [0.29, 0.717) is 50.4 Å². The quantitative estimate of drug-likeness (QED) is 0.265. The lowest BCUT2D eigenvalue weighted by Crippen LogP contribution is -2.58. The first-order chi connectivity index (χ1) is 20.0. The highest BCUT2D eigenvalue weighted by Crippen LogP contribution is 2.65.